The highest BCUT2D eigenvalue weighted by molar-refractivity contribution is 5.94. The van der Waals surface area contributed by atoms with Crippen molar-refractivity contribution in [3.63, 3.8) is 0 Å². The molecule has 0 fully saturated rings. The van der Waals surface area contributed by atoms with Crippen LogP contribution in [0.4, 0.5) is 4.39 Å². The largest absolute Gasteiger partial charge is 0.490 e. The summed E-state index contributed by atoms with van der Waals surface area (Å²) in [6.45, 7) is 8.24. The monoisotopic (exact) mass is 546 g/mol. The third-order valence-electron chi connectivity index (χ3n) is 6.37. The standard InChI is InChI=1S/C31H27FO8/c1-4-37-30(35)20-6-9-22(10-7-20)40-31(36)21-8-11-23-24-12-13-26(28(32)27(24)19(3)25(23)16-21)38-14-5-15-39-29(34)18(2)17-33/h4,6-13,16,19,33H,1-2,5,14-15,17H2,3H3. The molecule has 1 aliphatic carbocycles. The summed E-state index contributed by atoms with van der Waals surface area (Å²) in [7, 11) is 0. The van der Waals surface area contributed by atoms with Crippen molar-refractivity contribution >= 4 is 17.9 Å². The van der Waals surface area contributed by atoms with Gasteiger partial charge < -0.3 is 24.1 Å². The molecule has 3 aromatic carbocycles. The third kappa shape index (κ3) is 5.94. The molecule has 1 aliphatic rings. The summed E-state index contributed by atoms with van der Waals surface area (Å²) < 4.78 is 36.2. The zero-order valence-corrected chi connectivity index (χ0v) is 21.8. The van der Waals surface area contributed by atoms with Gasteiger partial charge in [-0.05, 0) is 59.2 Å². The minimum Gasteiger partial charge on any atom is -0.490 e. The number of aliphatic hydroxyl groups is 1. The molecule has 0 radical (unpaired) electrons. The van der Waals surface area contributed by atoms with Crippen molar-refractivity contribution in [1.29, 1.82) is 0 Å². The molecule has 0 bridgehead atoms. The summed E-state index contributed by atoms with van der Waals surface area (Å²) >= 11 is 0. The van der Waals surface area contributed by atoms with Crippen LogP contribution in [0.25, 0.3) is 11.1 Å². The summed E-state index contributed by atoms with van der Waals surface area (Å²) in [6, 6.07) is 14.3. The van der Waals surface area contributed by atoms with E-state index in [-0.39, 0.29) is 41.8 Å². The van der Waals surface area contributed by atoms with Crippen molar-refractivity contribution in [3.8, 4) is 22.6 Å². The molecule has 1 unspecified atom stereocenters. The molecule has 0 aliphatic heterocycles. The fraction of sp³-hybridized carbons (Fsp3) is 0.194. The highest BCUT2D eigenvalue weighted by Crippen LogP contribution is 2.47. The van der Waals surface area contributed by atoms with Gasteiger partial charge >= 0.3 is 17.9 Å². The van der Waals surface area contributed by atoms with E-state index < -0.39 is 30.3 Å². The predicted octanol–water partition coefficient (Wildman–Crippen LogP) is 5.34. The number of fused-ring (bicyclic) bond motifs is 3. The fourth-order valence-electron chi connectivity index (χ4n) is 4.33. The van der Waals surface area contributed by atoms with Crippen LogP contribution < -0.4 is 9.47 Å². The lowest BCUT2D eigenvalue weighted by Gasteiger charge is -2.13. The number of benzene rings is 3. The number of carbonyl (C=O) groups excluding carboxylic acids is 3. The Bertz CT molecular complexity index is 1480. The van der Waals surface area contributed by atoms with Gasteiger partial charge in [-0.25, -0.2) is 18.8 Å². The van der Waals surface area contributed by atoms with Gasteiger partial charge in [-0.3, -0.25) is 0 Å². The topological polar surface area (TPSA) is 108 Å². The number of hydrogen-bond donors (Lipinski definition) is 1. The van der Waals surface area contributed by atoms with Crippen molar-refractivity contribution in [1.82, 2.24) is 0 Å². The molecular weight excluding hydrogens is 519 g/mol. The van der Waals surface area contributed by atoms with Gasteiger partial charge in [0.15, 0.2) is 11.6 Å². The molecule has 0 aromatic heterocycles. The number of rotatable bonds is 11. The van der Waals surface area contributed by atoms with E-state index in [0.717, 1.165) is 17.4 Å². The van der Waals surface area contributed by atoms with Gasteiger partial charge in [-0.15, -0.1) is 0 Å². The first-order valence-electron chi connectivity index (χ1n) is 12.4. The summed E-state index contributed by atoms with van der Waals surface area (Å²) in [4.78, 5) is 36.1. The first-order valence-corrected chi connectivity index (χ1v) is 12.4. The van der Waals surface area contributed by atoms with E-state index in [1.807, 2.05) is 6.92 Å². The van der Waals surface area contributed by atoms with Crippen LogP contribution >= 0.6 is 0 Å². The Labute approximate surface area is 230 Å². The Balaban J connectivity index is 1.41. The molecule has 3 aromatic rings. The van der Waals surface area contributed by atoms with E-state index in [0.29, 0.717) is 23.1 Å². The van der Waals surface area contributed by atoms with Gasteiger partial charge in [-0.2, -0.15) is 0 Å². The average Bonchev–Trinajstić information content (AvgIpc) is 3.25. The summed E-state index contributed by atoms with van der Waals surface area (Å²) in [5.74, 6) is -2.38. The highest BCUT2D eigenvalue weighted by atomic mass is 19.1. The van der Waals surface area contributed by atoms with Crippen molar-refractivity contribution in [2.75, 3.05) is 19.8 Å². The van der Waals surface area contributed by atoms with Crippen molar-refractivity contribution in [2.45, 2.75) is 19.3 Å². The maximum atomic E-state index is 15.5. The van der Waals surface area contributed by atoms with E-state index in [1.165, 1.54) is 24.3 Å². The molecule has 1 atom stereocenters. The fourth-order valence-corrected chi connectivity index (χ4v) is 4.33. The smallest absolute Gasteiger partial charge is 0.343 e. The molecule has 0 saturated carbocycles. The zero-order valence-electron chi connectivity index (χ0n) is 21.8. The molecule has 9 heteroatoms. The molecule has 0 spiro atoms. The second-order valence-electron chi connectivity index (χ2n) is 8.95. The second-order valence-corrected chi connectivity index (χ2v) is 8.95. The Hall–Kier alpha value is -4.76. The highest BCUT2D eigenvalue weighted by Gasteiger charge is 2.31. The van der Waals surface area contributed by atoms with E-state index >= 15 is 4.39 Å². The lowest BCUT2D eigenvalue weighted by molar-refractivity contribution is -0.139. The molecule has 206 valence electrons. The first-order chi connectivity index (χ1) is 19.2. The zero-order chi connectivity index (χ0) is 28.8. The van der Waals surface area contributed by atoms with Crippen molar-refractivity contribution < 1.29 is 42.8 Å². The normalized spacial score (nSPS) is 13.0. The summed E-state index contributed by atoms with van der Waals surface area (Å²) in [6.07, 6.45) is 1.36. The molecule has 0 saturated heterocycles. The molecular formula is C31H27FO8. The Morgan fingerprint density at radius 3 is 2.38 bits per heavy atom. The van der Waals surface area contributed by atoms with E-state index in [9.17, 15) is 14.4 Å². The molecule has 0 heterocycles. The van der Waals surface area contributed by atoms with Gasteiger partial charge in [0, 0.05) is 17.9 Å². The number of ether oxygens (including phenoxy) is 4. The maximum absolute atomic E-state index is 15.5. The summed E-state index contributed by atoms with van der Waals surface area (Å²) in [5, 5.41) is 8.89. The van der Waals surface area contributed by atoms with Crippen LogP contribution in [0.1, 0.15) is 51.1 Å². The van der Waals surface area contributed by atoms with Crippen LogP contribution in [-0.2, 0) is 14.3 Å². The van der Waals surface area contributed by atoms with Crippen LogP contribution in [-0.4, -0.2) is 42.8 Å². The lowest BCUT2D eigenvalue weighted by Crippen LogP contribution is -2.12. The average molecular weight is 547 g/mol. The van der Waals surface area contributed by atoms with E-state index in [4.69, 9.17) is 24.1 Å². The van der Waals surface area contributed by atoms with Crippen LogP contribution in [0.15, 0.2) is 79.6 Å². The Kier molecular flexibility index (Phi) is 8.76. The molecule has 40 heavy (non-hydrogen) atoms. The third-order valence-corrected chi connectivity index (χ3v) is 6.37. The SMILES string of the molecule is C=COC(=O)c1ccc(OC(=O)c2ccc3c(c2)C(C)c2c-3ccc(OCCCOC(=O)C(=C)CO)c2F)cc1. The van der Waals surface area contributed by atoms with Crippen LogP contribution in [0.3, 0.4) is 0 Å². The number of carbonyl (C=O) groups is 3. The maximum Gasteiger partial charge on any atom is 0.343 e. The van der Waals surface area contributed by atoms with Gasteiger partial charge in [0.2, 0.25) is 0 Å². The number of aliphatic hydroxyl groups excluding tert-OH is 1. The Morgan fingerprint density at radius 2 is 1.68 bits per heavy atom. The van der Waals surface area contributed by atoms with Crippen LogP contribution in [0.2, 0.25) is 0 Å². The lowest BCUT2D eigenvalue weighted by atomic mass is 9.97. The van der Waals surface area contributed by atoms with Gasteiger partial charge in [0.05, 0.1) is 42.8 Å². The minimum absolute atomic E-state index is 0.0388. The van der Waals surface area contributed by atoms with Crippen molar-refractivity contribution in [2.24, 2.45) is 0 Å². The molecule has 4 rings (SSSR count). The van der Waals surface area contributed by atoms with Gasteiger partial charge in [0.25, 0.3) is 0 Å². The van der Waals surface area contributed by atoms with Crippen molar-refractivity contribution in [3.05, 3.63) is 108 Å². The minimum atomic E-state index is -0.690. The predicted molar refractivity (Wildman–Crippen MR) is 144 cm³/mol. The number of hydrogen-bond acceptors (Lipinski definition) is 8. The second kappa shape index (κ2) is 12.4. The van der Waals surface area contributed by atoms with Crippen LogP contribution in [0, 0.1) is 5.82 Å². The summed E-state index contributed by atoms with van der Waals surface area (Å²) in [5.41, 5.74) is 3.30. The van der Waals surface area contributed by atoms with Gasteiger partial charge in [0.1, 0.15) is 5.75 Å². The quantitative estimate of drug-likeness (QED) is 0.113. The molecule has 0 amide bonds. The van der Waals surface area contributed by atoms with Crippen LogP contribution in [0.5, 0.6) is 11.5 Å². The van der Waals surface area contributed by atoms with E-state index in [1.54, 1.807) is 30.3 Å². The number of esters is 3. The van der Waals surface area contributed by atoms with E-state index in [2.05, 4.69) is 13.2 Å². The molecule has 1 N–H and O–H groups in total. The molecule has 8 nitrogen and oxygen atoms in total. The Morgan fingerprint density at radius 1 is 0.975 bits per heavy atom. The first kappa shape index (κ1) is 28.3. The number of halogens is 1. The van der Waals surface area contributed by atoms with Gasteiger partial charge in [-0.1, -0.05) is 32.2 Å².